The van der Waals surface area contributed by atoms with Crippen LogP contribution < -0.4 is 14.8 Å². The van der Waals surface area contributed by atoms with Gasteiger partial charge in [0.05, 0.1) is 0 Å². The third-order valence-corrected chi connectivity index (χ3v) is 4.65. The number of nitrogens with one attached hydrogen (secondary N) is 1. The van der Waals surface area contributed by atoms with Crippen molar-refractivity contribution < 1.29 is 9.47 Å². The third kappa shape index (κ3) is 2.56. The number of fused-ring (bicyclic) bond motifs is 2. The largest absolute Gasteiger partial charge is 0.485 e. The number of aromatic nitrogens is 4. The molecule has 1 aliphatic rings. The molecule has 25 heavy (non-hydrogen) atoms. The average molecular weight is 351 g/mol. The fourth-order valence-electron chi connectivity index (χ4n) is 2.68. The molecule has 0 spiro atoms. The fraction of sp³-hybridized carbons (Fsp3) is 0.118. The summed E-state index contributed by atoms with van der Waals surface area (Å²) in [5.74, 6) is 2.07. The molecular weight excluding hydrogens is 338 g/mol. The van der Waals surface area contributed by atoms with E-state index in [-0.39, 0.29) is 6.10 Å². The fourth-order valence-corrected chi connectivity index (χ4v) is 3.44. The number of nitrogens with zero attached hydrogens (tertiary/aromatic N) is 4. The van der Waals surface area contributed by atoms with E-state index >= 15 is 0 Å². The van der Waals surface area contributed by atoms with Crippen LogP contribution in [0, 0.1) is 0 Å². The third-order valence-electron chi connectivity index (χ3n) is 3.84. The highest BCUT2D eigenvalue weighted by atomic mass is 32.1. The molecule has 2 aromatic carbocycles. The zero-order valence-corrected chi connectivity index (χ0v) is 13.8. The molecule has 1 aliphatic heterocycles. The summed E-state index contributed by atoms with van der Waals surface area (Å²) < 4.78 is 13.5. The van der Waals surface area contributed by atoms with Gasteiger partial charge in [-0.25, -0.2) is 0 Å². The van der Waals surface area contributed by atoms with Crippen molar-refractivity contribution in [1.29, 1.82) is 0 Å². The topological polar surface area (TPSA) is 73.6 Å². The highest BCUT2D eigenvalue weighted by Crippen LogP contribution is 2.36. The smallest absolute Gasteiger partial charge is 0.236 e. The van der Waals surface area contributed by atoms with E-state index in [9.17, 15) is 0 Å². The minimum Gasteiger partial charge on any atom is -0.485 e. The van der Waals surface area contributed by atoms with Crippen LogP contribution in [-0.4, -0.2) is 26.4 Å². The Morgan fingerprint density at radius 1 is 1.00 bits per heavy atom. The lowest BCUT2D eigenvalue weighted by Gasteiger charge is -2.24. The number of rotatable bonds is 3. The number of hydrogen-bond acceptors (Lipinski definition) is 7. The van der Waals surface area contributed by atoms with Gasteiger partial charge in [0.2, 0.25) is 10.1 Å². The Balaban J connectivity index is 1.45. The summed E-state index contributed by atoms with van der Waals surface area (Å²) in [6.45, 7) is 0.372. The van der Waals surface area contributed by atoms with Crippen LogP contribution in [0.25, 0.3) is 4.96 Å². The van der Waals surface area contributed by atoms with E-state index in [4.69, 9.17) is 9.47 Å². The minimum absolute atomic E-state index is 0.350. The number of anilines is 2. The summed E-state index contributed by atoms with van der Waals surface area (Å²) in [6, 6.07) is 17.5. The summed E-state index contributed by atoms with van der Waals surface area (Å²) in [5.41, 5.74) is 0.972. The van der Waals surface area contributed by atoms with Gasteiger partial charge in [0.1, 0.15) is 6.61 Å². The second-order valence-corrected chi connectivity index (χ2v) is 6.47. The molecule has 0 radical (unpaired) electrons. The highest BCUT2D eigenvalue weighted by Gasteiger charge is 2.28. The van der Waals surface area contributed by atoms with Crippen molar-refractivity contribution in [2.75, 3.05) is 11.9 Å². The van der Waals surface area contributed by atoms with Gasteiger partial charge < -0.3 is 14.8 Å². The van der Waals surface area contributed by atoms with Crippen LogP contribution in [0.3, 0.4) is 0 Å². The molecule has 0 amide bonds. The van der Waals surface area contributed by atoms with Gasteiger partial charge >= 0.3 is 0 Å². The van der Waals surface area contributed by atoms with Gasteiger partial charge in [0.25, 0.3) is 0 Å². The second-order valence-electron chi connectivity index (χ2n) is 5.52. The standard InChI is InChI=1S/C17H13N5O2S/c1-2-6-11(7-3-1)18-16-21-22-15(19-20-17(22)25-16)14-10-23-12-8-4-5-9-13(12)24-14/h1-9,14H,10H2,(H,18,21)/t14-/m1/s1. The maximum atomic E-state index is 6.01. The first-order valence-corrected chi connectivity index (χ1v) is 8.61. The van der Waals surface area contributed by atoms with E-state index in [0.717, 1.165) is 16.6 Å². The van der Waals surface area contributed by atoms with Crippen LogP contribution in [-0.2, 0) is 0 Å². The number of ether oxygens (including phenoxy) is 2. The van der Waals surface area contributed by atoms with Crippen LogP contribution >= 0.6 is 11.3 Å². The van der Waals surface area contributed by atoms with Crippen LogP contribution in [0.4, 0.5) is 10.8 Å². The van der Waals surface area contributed by atoms with Crippen LogP contribution in [0.5, 0.6) is 11.5 Å². The van der Waals surface area contributed by atoms with Crippen molar-refractivity contribution in [3.8, 4) is 11.5 Å². The van der Waals surface area contributed by atoms with Crippen molar-refractivity contribution >= 4 is 27.1 Å². The summed E-state index contributed by atoms with van der Waals surface area (Å²) in [7, 11) is 0. The lowest BCUT2D eigenvalue weighted by atomic mass is 10.2. The molecule has 0 fully saturated rings. The second kappa shape index (κ2) is 5.75. The van der Waals surface area contributed by atoms with Gasteiger partial charge in [-0.15, -0.1) is 15.3 Å². The van der Waals surface area contributed by atoms with Gasteiger partial charge in [-0.2, -0.15) is 4.52 Å². The first-order valence-electron chi connectivity index (χ1n) is 7.79. The Labute approximate surface area is 146 Å². The molecule has 4 aromatic rings. The Kier molecular flexibility index (Phi) is 3.27. The van der Waals surface area contributed by atoms with Gasteiger partial charge in [-0.3, -0.25) is 0 Å². The predicted octanol–water partition coefficient (Wildman–Crippen LogP) is 3.44. The zero-order valence-electron chi connectivity index (χ0n) is 13.0. The molecule has 0 bridgehead atoms. The molecule has 7 nitrogen and oxygen atoms in total. The Bertz CT molecular complexity index is 1030. The lowest BCUT2D eigenvalue weighted by Crippen LogP contribution is -2.23. The Morgan fingerprint density at radius 3 is 2.68 bits per heavy atom. The molecule has 124 valence electrons. The molecule has 8 heteroatoms. The van der Waals surface area contributed by atoms with Crippen LogP contribution in [0.15, 0.2) is 54.6 Å². The monoisotopic (exact) mass is 351 g/mol. The quantitative estimate of drug-likeness (QED) is 0.609. The van der Waals surface area contributed by atoms with Gasteiger partial charge in [0, 0.05) is 5.69 Å². The van der Waals surface area contributed by atoms with E-state index in [1.165, 1.54) is 11.3 Å². The molecule has 0 aliphatic carbocycles. The Hall–Kier alpha value is -3.13. The summed E-state index contributed by atoms with van der Waals surface area (Å²) in [4.78, 5) is 0.705. The molecule has 5 rings (SSSR count). The first-order chi connectivity index (χ1) is 12.4. The van der Waals surface area contributed by atoms with Crippen LogP contribution in [0.1, 0.15) is 11.9 Å². The maximum absolute atomic E-state index is 6.01. The first kappa shape index (κ1) is 14.2. The predicted molar refractivity (Wildman–Crippen MR) is 93.7 cm³/mol. The highest BCUT2D eigenvalue weighted by molar-refractivity contribution is 7.20. The van der Waals surface area contributed by atoms with E-state index in [1.807, 2.05) is 54.6 Å². The number of para-hydroxylation sites is 3. The molecular formula is C17H13N5O2S. The summed E-state index contributed by atoms with van der Waals surface area (Å²) in [5, 5.41) is 17.0. The molecule has 2 aromatic heterocycles. The van der Waals surface area contributed by atoms with E-state index in [2.05, 4.69) is 20.6 Å². The van der Waals surface area contributed by atoms with Crippen molar-refractivity contribution in [1.82, 2.24) is 19.8 Å². The number of benzene rings is 2. The normalized spacial score (nSPS) is 16.1. The van der Waals surface area contributed by atoms with Crippen molar-refractivity contribution in [3.63, 3.8) is 0 Å². The van der Waals surface area contributed by atoms with Crippen molar-refractivity contribution in [2.24, 2.45) is 0 Å². The van der Waals surface area contributed by atoms with Crippen LogP contribution in [0.2, 0.25) is 0 Å². The average Bonchev–Trinajstić information content (AvgIpc) is 3.22. The van der Waals surface area contributed by atoms with E-state index in [0.29, 0.717) is 23.1 Å². The molecule has 0 saturated carbocycles. The molecule has 1 N–H and O–H groups in total. The van der Waals surface area contributed by atoms with Crippen molar-refractivity contribution in [3.05, 3.63) is 60.4 Å². The zero-order chi connectivity index (χ0) is 16.6. The van der Waals surface area contributed by atoms with E-state index in [1.54, 1.807) is 4.52 Å². The van der Waals surface area contributed by atoms with Gasteiger partial charge in [-0.1, -0.05) is 41.7 Å². The maximum Gasteiger partial charge on any atom is 0.236 e. The molecule has 1 atom stereocenters. The van der Waals surface area contributed by atoms with Crippen molar-refractivity contribution in [2.45, 2.75) is 6.10 Å². The Morgan fingerprint density at radius 2 is 1.80 bits per heavy atom. The number of hydrogen-bond donors (Lipinski definition) is 1. The molecule has 3 heterocycles. The summed E-state index contributed by atoms with van der Waals surface area (Å²) >= 11 is 1.43. The van der Waals surface area contributed by atoms with E-state index < -0.39 is 0 Å². The SMILES string of the molecule is c1ccc(Nc2nn3c([C@H]4COc5ccccc5O4)nnc3s2)cc1. The lowest BCUT2D eigenvalue weighted by molar-refractivity contribution is 0.0836. The minimum atomic E-state index is -0.350. The molecule has 0 saturated heterocycles. The molecule has 0 unspecified atom stereocenters. The van der Waals surface area contributed by atoms with Gasteiger partial charge in [0.15, 0.2) is 23.4 Å². The van der Waals surface area contributed by atoms with Gasteiger partial charge in [-0.05, 0) is 24.3 Å². The summed E-state index contributed by atoms with van der Waals surface area (Å²) in [6.07, 6.45) is -0.350.